The Morgan fingerprint density at radius 2 is 1.86 bits per heavy atom. The maximum absolute atomic E-state index is 6.11. The smallest absolute Gasteiger partial charge is 0.124 e. The topological polar surface area (TPSA) is 30.5 Å². The van der Waals surface area contributed by atoms with Crippen molar-refractivity contribution in [2.24, 2.45) is 0 Å². The molecule has 0 heterocycles. The van der Waals surface area contributed by atoms with E-state index in [9.17, 15) is 0 Å². The van der Waals surface area contributed by atoms with Gasteiger partial charge in [-0.15, -0.1) is 0 Å². The molecule has 0 aliphatic rings. The fourth-order valence-electron chi connectivity index (χ4n) is 2.04. The van der Waals surface area contributed by atoms with Crippen molar-refractivity contribution in [1.29, 1.82) is 0 Å². The number of ether oxygens (including phenoxy) is 2. The molecule has 0 bridgehead atoms. The van der Waals surface area contributed by atoms with Crippen LogP contribution >= 0.6 is 0 Å². The lowest BCUT2D eigenvalue weighted by molar-refractivity contribution is -0.0310. The van der Waals surface area contributed by atoms with Gasteiger partial charge in [0.15, 0.2) is 0 Å². The van der Waals surface area contributed by atoms with Crippen molar-refractivity contribution in [2.45, 2.75) is 59.1 Å². The van der Waals surface area contributed by atoms with E-state index in [1.54, 1.807) is 0 Å². The van der Waals surface area contributed by atoms with Crippen LogP contribution in [0.25, 0.3) is 0 Å². The summed E-state index contributed by atoms with van der Waals surface area (Å²) in [6, 6.07) is 8.40. The highest BCUT2D eigenvalue weighted by molar-refractivity contribution is 5.36. The first kappa shape index (κ1) is 18.0. The number of benzene rings is 1. The van der Waals surface area contributed by atoms with E-state index in [0.29, 0.717) is 13.2 Å². The molecule has 1 aromatic carbocycles. The molecular weight excluding hydrogens is 262 g/mol. The second-order valence-electron chi connectivity index (χ2n) is 5.90. The van der Waals surface area contributed by atoms with Gasteiger partial charge in [-0.05, 0) is 46.2 Å². The van der Waals surface area contributed by atoms with Crippen LogP contribution in [0, 0.1) is 0 Å². The standard InChI is InChI=1S/C18H31NO2/c1-6-13-19-16(14-21-18(4,5)7-2)15-11-9-10-12-17(15)20-8-3/h9-12,16,19H,6-8,13-14H2,1-5H3. The van der Waals surface area contributed by atoms with Crippen molar-refractivity contribution in [1.82, 2.24) is 5.32 Å². The molecule has 0 spiro atoms. The highest BCUT2D eigenvalue weighted by Gasteiger charge is 2.21. The van der Waals surface area contributed by atoms with E-state index >= 15 is 0 Å². The van der Waals surface area contributed by atoms with Gasteiger partial charge in [-0.3, -0.25) is 0 Å². The van der Waals surface area contributed by atoms with Gasteiger partial charge in [0.25, 0.3) is 0 Å². The molecule has 1 atom stereocenters. The summed E-state index contributed by atoms with van der Waals surface area (Å²) in [6.45, 7) is 12.9. The van der Waals surface area contributed by atoms with Gasteiger partial charge >= 0.3 is 0 Å². The Morgan fingerprint density at radius 3 is 2.48 bits per heavy atom. The van der Waals surface area contributed by atoms with Gasteiger partial charge in [-0.2, -0.15) is 0 Å². The third kappa shape index (κ3) is 6.06. The molecule has 1 N–H and O–H groups in total. The largest absolute Gasteiger partial charge is 0.494 e. The van der Waals surface area contributed by atoms with Gasteiger partial charge < -0.3 is 14.8 Å². The molecule has 0 saturated carbocycles. The molecule has 0 aliphatic heterocycles. The fraction of sp³-hybridized carbons (Fsp3) is 0.667. The molecule has 1 unspecified atom stereocenters. The molecule has 1 aromatic rings. The first-order valence-corrected chi connectivity index (χ1v) is 8.13. The molecule has 1 rings (SSSR count). The van der Waals surface area contributed by atoms with Crippen LogP contribution in [-0.4, -0.2) is 25.4 Å². The molecule has 21 heavy (non-hydrogen) atoms. The Kier molecular flexibility index (Phi) is 7.76. The average molecular weight is 293 g/mol. The highest BCUT2D eigenvalue weighted by Crippen LogP contribution is 2.27. The molecule has 0 amide bonds. The SMILES string of the molecule is CCCNC(COC(C)(C)CC)c1ccccc1OCC. The Balaban J connectivity index is 2.86. The predicted octanol–water partition coefficient (Wildman–Crippen LogP) is 4.33. The number of hydrogen-bond acceptors (Lipinski definition) is 3. The van der Waals surface area contributed by atoms with E-state index in [4.69, 9.17) is 9.47 Å². The van der Waals surface area contributed by atoms with Crippen LogP contribution in [0.1, 0.15) is 59.1 Å². The summed E-state index contributed by atoms with van der Waals surface area (Å²) < 4.78 is 11.9. The summed E-state index contributed by atoms with van der Waals surface area (Å²) in [6.07, 6.45) is 2.10. The zero-order valence-corrected chi connectivity index (χ0v) is 14.2. The second-order valence-corrected chi connectivity index (χ2v) is 5.90. The van der Waals surface area contributed by atoms with Gasteiger partial charge in [0.2, 0.25) is 0 Å². The van der Waals surface area contributed by atoms with Crippen molar-refractivity contribution in [3.63, 3.8) is 0 Å². The van der Waals surface area contributed by atoms with Gasteiger partial charge in [0.1, 0.15) is 5.75 Å². The molecule has 0 saturated heterocycles. The minimum Gasteiger partial charge on any atom is -0.494 e. The first-order chi connectivity index (χ1) is 10.0. The maximum Gasteiger partial charge on any atom is 0.124 e. The van der Waals surface area contributed by atoms with Crippen LogP contribution in [0.3, 0.4) is 0 Å². The van der Waals surface area contributed by atoms with E-state index in [0.717, 1.165) is 25.1 Å². The van der Waals surface area contributed by atoms with Gasteiger partial charge in [-0.25, -0.2) is 0 Å². The number of para-hydroxylation sites is 1. The Hall–Kier alpha value is -1.06. The molecule has 0 aliphatic carbocycles. The second kappa shape index (κ2) is 9.06. The lowest BCUT2D eigenvalue weighted by atomic mass is 10.0. The fourth-order valence-corrected chi connectivity index (χ4v) is 2.04. The predicted molar refractivity (Wildman–Crippen MR) is 89.0 cm³/mol. The van der Waals surface area contributed by atoms with Crippen LogP contribution in [0.5, 0.6) is 5.75 Å². The summed E-state index contributed by atoms with van der Waals surface area (Å²) >= 11 is 0. The number of rotatable bonds is 10. The van der Waals surface area contributed by atoms with Crippen LogP contribution in [-0.2, 0) is 4.74 Å². The van der Waals surface area contributed by atoms with Gasteiger partial charge in [0, 0.05) is 5.56 Å². The van der Waals surface area contributed by atoms with Crippen molar-refractivity contribution >= 4 is 0 Å². The van der Waals surface area contributed by atoms with Gasteiger partial charge in [0.05, 0.1) is 24.9 Å². The molecule has 3 heteroatoms. The summed E-state index contributed by atoms with van der Waals surface area (Å²) in [7, 11) is 0. The molecule has 0 fully saturated rings. The van der Waals surface area contributed by atoms with E-state index < -0.39 is 0 Å². The Labute approximate surface area is 130 Å². The molecule has 0 radical (unpaired) electrons. The first-order valence-electron chi connectivity index (χ1n) is 8.13. The van der Waals surface area contributed by atoms with Crippen LogP contribution < -0.4 is 10.1 Å². The molecule has 3 nitrogen and oxygen atoms in total. The van der Waals surface area contributed by atoms with E-state index in [2.05, 4.69) is 45.1 Å². The zero-order valence-electron chi connectivity index (χ0n) is 14.2. The van der Waals surface area contributed by atoms with Gasteiger partial charge in [-0.1, -0.05) is 32.0 Å². The highest BCUT2D eigenvalue weighted by atomic mass is 16.5. The Bertz CT molecular complexity index is 404. The molecular formula is C18H31NO2. The number of hydrogen-bond donors (Lipinski definition) is 1. The number of nitrogens with one attached hydrogen (secondary N) is 1. The lowest BCUT2D eigenvalue weighted by Gasteiger charge is -2.28. The minimum atomic E-state index is -0.0906. The third-order valence-corrected chi connectivity index (χ3v) is 3.73. The quantitative estimate of drug-likeness (QED) is 0.696. The minimum absolute atomic E-state index is 0.0906. The monoisotopic (exact) mass is 293 g/mol. The third-order valence-electron chi connectivity index (χ3n) is 3.73. The zero-order chi connectivity index (χ0) is 15.7. The van der Waals surface area contributed by atoms with Crippen molar-refractivity contribution in [3.8, 4) is 5.75 Å². The van der Waals surface area contributed by atoms with E-state index in [1.165, 1.54) is 5.56 Å². The Morgan fingerprint density at radius 1 is 1.14 bits per heavy atom. The van der Waals surface area contributed by atoms with Crippen molar-refractivity contribution < 1.29 is 9.47 Å². The average Bonchev–Trinajstić information content (AvgIpc) is 2.49. The summed E-state index contributed by atoms with van der Waals surface area (Å²) in [5.41, 5.74) is 1.09. The normalized spacial score (nSPS) is 13.2. The van der Waals surface area contributed by atoms with Crippen LogP contribution in [0.4, 0.5) is 0 Å². The summed E-state index contributed by atoms with van der Waals surface area (Å²) in [4.78, 5) is 0. The van der Waals surface area contributed by atoms with Crippen molar-refractivity contribution in [2.75, 3.05) is 19.8 Å². The summed E-state index contributed by atoms with van der Waals surface area (Å²) in [5, 5.41) is 3.58. The molecule has 120 valence electrons. The van der Waals surface area contributed by atoms with E-state index in [1.807, 2.05) is 19.1 Å². The summed E-state index contributed by atoms with van der Waals surface area (Å²) in [5.74, 6) is 0.950. The van der Waals surface area contributed by atoms with E-state index in [-0.39, 0.29) is 11.6 Å². The van der Waals surface area contributed by atoms with Crippen LogP contribution in [0.15, 0.2) is 24.3 Å². The molecule has 0 aromatic heterocycles. The maximum atomic E-state index is 6.11. The van der Waals surface area contributed by atoms with Crippen molar-refractivity contribution in [3.05, 3.63) is 29.8 Å². The van der Waals surface area contributed by atoms with Crippen LogP contribution in [0.2, 0.25) is 0 Å². The lowest BCUT2D eigenvalue weighted by Crippen LogP contribution is -2.32.